The molecule has 2 N–H and O–H groups in total. The zero-order valence-electron chi connectivity index (χ0n) is 17.1. The molecule has 2 aliphatic rings. The Morgan fingerprint density at radius 3 is 2.75 bits per heavy atom. The predicted molar refractivity (Wildman–Crippen MR) is 113 cm³/mol. The van der Waals surface area contributed by atoms with Crippen molar-refractivity contribution in [2.24, 2.45) is 4.99 Å². The van der Waals surface area contributed by atoms with Gasteiger partial charge in [-0.3, -0.25) is 14.7 Å². The summed E-state index contributed by atoms with van der Waals surface area (Å²) in [7, 11) is 1.75. The second-order valence-corrected chi connectivity index (χ2v) is 7.41. The molecule has 1 aliphatic heterocycles. The van der Waals surface area contributed by atoms with E-state index < -0.39 is 0 Å². The highest BCUT2D eigenvalue weighted by atomic mass is 16.5. The SMILES string of the molecule is CCNC(=NCCN(CCOC)C1CC1)NC1CC(=O)N(c2ccccc2)C1. The Kier molecular flexibility index (Phi) is 7.68. The second kappa shape index (κ2) is 10.4. The second-order valence-electron chi connectivity index (χ2n) is 7.41. The van der Waals surface area contributed by atoms with Crippen molar-refractivity contribution in [3.8, 4) is 0 Å². The number of aliphatic imine (C=N–C) groups is 1. The molecule has 1 saturated carbocycles. The summed E-state index contributed by atoms with van der Waals surface area (Å²) in [6, 6.07) is 10.6. The molecule has 1 aromatic rings. The zero-order chi connectivity index (χ0) is 19.8. The first-order valence-corrected chi connectivity index (χ1v) is 10.3. The smallest absolute Gasteiger partial charge is 0.229 e. The number of rotatable bonds is 10. The molecule has 1 unspecified atom stereocenters. The first-order valence-electron chi connectivity index (χ1n) is 10.3. The zero-order valence-corrected chi connectivity index (χ0v) is 17.1. The quantitative estimate of drug-likeness (QED) is 0.470. The lowest BCUT2D eigenvalue weighted by Crippen LogP contribution is -2.45. The molecule has 1 aromatic carbocycles. The van der Waals surface area contributed by atoms with E-state index in [-0.39, 0.29) is 11.9 Å². The van der Waals surface area contributed by atoms with Crippen LogP contribution in [0.15, 0.2) is 35.3 Å². The molecule has 3 rings (SSSR count). The number of guanidine groups is 1. The average Bonchev–Trinajstić information content (AvgIpc) is 3.48. The van der Waals surface area contributed by atoms with Crippen LogP contribution in [0, 0.1) is 0 Å². The fourth-order valence-corrected chi connectivity index (χ4v) is 3.59. The summed E-state index contributed by atoms with van der Waals surface area (Å²) in [6.07, 6.45) is 3.05. The maximum Gasteiger partial charge on any atom is 0.229 e. The van der Waals surface area contributed by atoms with Crippen molar-refractivity contribution in [1.29, 1.82) is 0 Å². The number of amides is 1. The number of para-hydroxylation sites is 1. The van der Waals surface area contributed by atoms with Crippen LogP contribution in [-0.4, -0.2) is 75.3 Å². The monoisotopic (exact) mass is 387 g/mol. The first kappa shape index (κ1) is 20.6. The Bertz CT molecular complexity index is 647. The molecule has 1 heterocycles. The van der Waals surface area contributed by atoms with Crippen molar-refractivity contribution in [1.82, 2.24) is 15.5 Å². The summed E-state index contributed by atoms with van der Waals surface area (Å²) in [5, 5.41) is 6.75. The maximum absolute atomic E-state index is 12.4. The fraction of sp³-hybridized carbons (Fsp3) is 0.619. The lowest BCUT2D eigenvalue weighted by Gasteiger charge is -2.21. The molecule has 2 fully saturated rings. The van der Waals surface area contributed by atoms with E-state index in [4.69, 9.17) is 9.73 Å². The van der Waals surface area contributed by atoms with Gasteiger partial charge in [-0.15, -0.1) is 0 Å². The number of carbonyl (C=O) groups excluding carboxylic acids is 1. The maximum atomic E-state index is 12.4. The van der Waals surface area contributed by atoms with E-state index in [1.807, 2.05) is 35.2 Å². The van der Waals surface area contributed by atoms with Gasteiger partial charge in [0.05, 0.1) is 19.2 Å². The largest absolute Gasteiger partial charge is 0.383 e. The summed E-state index contributed by atoms with van der Waals surface area (Å²) in [5.41, 5.74) is 0.956. The number of nitrogens with one attached hydrogen (secondary N) is 2. The number of anilines is 1. The van der Waals surface area contributed by atoms with Crippen LogP contribution in [0.1, 0.15) is 26.2 Å². The van der Waals surface area contributed by atoms with E-state index in [1.54, 1.807) is 7.11 Å². The molecular formula is C21H33N5O2. The molecule has 1 saturated heterocycles. The van der Waals surface area contributed by atoms with Gasteiger partial charge in [-0.2, -0.15) is 0 Å². The highest BCUT2D eigenvalue weighted by Crippen LogP contribution is 2.26. The molecule has 0 radical (unpaired) electrons. The predicted octanol–water partition coefficient (Wildman–Crippen LogP) is 1.46. The summed E-state index contributed by atoms with van der Waals surface area (Å²) >= 11 is 0. The first-order chi connectivity index (χ1) is 13.7. The topological polar surface area (TPSA) is 69.2 Å². The van der Waals surface area contributed by atoms with Crippen LogP contribution in [0.2, 0.25) is 0 Å². The molecule has 0 spiro atoms. The summed E-state index contributed by atoms with van der Waals surface area (Å²) in [5.74, 6) is 0.941. The Hall–Kier alpha value is -2.12. The van der Waals surface area contributed by atoms with Crippen molar-refractivity contribution in [2.75, 3.05) is 51.3 Å². The standard InChI is InChI=1S/C21H33N5O2/c1-3-22-21(23-11-12-25(13-14-28-2)18-9-10-18)24-17-15-20(27)26(16-17)19-7-5-4-6-8-19/h4-8,17-18H,3,9-16H2,1-2H3,(H2,22,23,24). The number of nitrogens with zero attached hydrogens (tertiary/aromatic N) is 3. The molecule has 28 heavy (non-hydrogen) atoms. The van der Waals surface area contributed by atoms with Crippen LogP contribution < -0.4 is 15.5 Å². The van der Waals surface area contributed by atoms with Gasteiger partial charge in [0.25, 0.3) is 0 Å². The molecule has 1 amide bonds. The van der Waals surface area contributed by atoms with Crippen molar-refractivity contribution in [3.05, 3.63) is 30.3 Å². The van der Waals surface area contributed by atoms with Gasteiger partial charge in [0.15, 0.2) is 5.96 Å². The van der Waals surface area contributed by atoms with E-state index >= 15 is 0 Å². The number of benzene rings is 1. The van der Waals surface area contributed by atoms with E-state index in [1.165, 1.54) is 12.8 Å². The Morgan fingerprint density at radius 1 is 1.29 bits per heavy atom. The summed E-state index contributed by atoms with van der Waals surface area (Å²) in [4.78, 5) is 21.5. The van der Waals surface area contributed by atoms with Crippen LogP contribution in [0.5, 0.6) is 0 Å². The van der Waals surface area contributed by atoms with Crippen LogP contribution in [0.25, 0.3) is 0 Å². The van der Waals surface area contributed by atoms with Crippen LogP contribution in [-0.2, 0) is 9.53 Å². The number of hydrogen-bond acceptors (Lipinski definition) is 4. The van der Waals surface area contributed by atoms with E-state index in [9.17, 15) is 4.79 Å². The van der Waals surface area contributed by atoms with Crippen molar-refractivity contribution in [3.63, 3.8) is 0 Å². The highest BCUT2D eigenvalue weighted by molar-refractivity contribution is 5.97. The number of ether oxygens (including phenoxy) is 1. The van der Waals surface area contributed by atoms with Crippen molar-refractivity contribution in [2.45, 2.75) is 38.3 Å². The molecule has 0 bridgehead atoms. The third-order valence-corrected chi connectivity index (χ3v) is 5.18. The minimum absolute atomic E-state index is 0.0681. The van der Waals surface area contributed by atoms with Crippen molar-refractivity contribution >= 4 is 17.6 Å². The minimum Gasteiger partial charge on any atom is -0.383 e. The molecule has 7 heteroatoms. The van der Waals surface area contributed by atoms with Gasteiger partial charge >= 0.3 is 0 Å². The number of hydrogen-bond donors (Lipinski definition) is 2. The van der Waals surface area contributed by atoms with Crippen molar-refractivity contribution < 1.29 is 9.53 Å². The van der Waals surface area contributed by atoms with Gasteiger partial charge in [-0.25, -0.2) is 0 Å². The summed E-state index contributed by atoms with van der Waals surface area (Å²) < 4.78 is 5.22. The highest BCUT2D eigenvalue weighted by Gasteiger charge is 2.31. The van der Waals surface area contributed by atoms with E-state index in [0.29, 0.717) is 19.0 Å². The minimum atomic E-state index is 0.0681. The Balaban J connectivity index is 1.52. The van der Waals surface area contributed by atoms with Crippen LogP contribution in [0.4, 0.5) is 5.69 Å². The van der Waals surface area contributed by atoms with Crippen LogP contribution in [0.3, 0.4) is 0 Å². The molecule has 154 valence electrons. The van der Waals surface area contributed by atoms with Gasteiger partial charge in [-0.1, -0.05) is 18.2 Å². The third-order valence-electron chi connectivity index (χ3n) is 5.18. The molecule has 1 atom stereocenters. The average molecular weight is 388 g/mol. The Morgan fingerprint density at radius 2 is 2.07 bits per heavy atom. The normalized spacial score (nSPS) is 20.1. The molecule has 0 aromatic heterocycles. The van der Waals surface area contributed by atoms with Crippen LogP contribution >= 0.6 is 0 Å². The molecular weight excluding hydrogens is 354 g/mol. The fourth-order valence-electron chi connectivity index (χ4n) is 3.59. The number of carbonyl (C=O) groups is 1. The number of methoxy groups -OCH3 is 1. The van der Waals surface area contributed by atoms with E-state index in [0.717, 1.165) is 44.4 Å². The lowest BCUT2D eigenvalue weighted by molar-refractivity contribution is -0.117. The lowest BCUT2D eigenvalue weighted by atomic mass is 10.2. The molecule has 1 aliphatic carbocycles. The van der Waals surface area contributed by atoms with Gasteiger partial charge in [-0.05, 0) is 31.9 Å². The Labute approximate surface area is 168 Å². The third kappa shape index (κ3) is 5.94. The van der Waals surface area contributed by atoms with Gasteiger partial charge < -0.3 is 20.3 Å². The summed E-state index contributed by atoms with van der Waals surface area (Å²) in [6.45, 7) is 6.91. The van der Waals surface area contributed by atoms with Gasteiger partial charge in [0.1, 0.15) is 0 Å². The van der Waals surface area contributed by atoms with E-state index in [2.05, 4.69) is 22.5 Å². The van der Waals surface area contributed by atoms with Gasteiger partial charge in [0.2, 0.25) is 5.91 Å². The van der Waals surface area contributed by atoms with Gasteiger partial charge in [0, 0.05) is 51.4 Å². The molecule has 7 nitrogen and oxygen atoms in total.